The molecule has 0 heterocycles. The van der Waals surface area contributed by atoms with Crippen molar-refractivity contribution in [2.24, 2.45) is 0 Å². The van der Waals surface area contributed by atoms with Gasteiger partial charge in [-0.2, -0.15) is 0 Å². The first kappa shape index (κ1) is 180. The molecule has 0 amide bonds. The second-order valence-corrected chi connectivity index (χ2v) is 0. The Bertz CT molecular complexity index is 24.5. The summed E-state index contributed by atoms with van der Waals surface area (Å²) in [5.74, 6) is 0. The Morgan fingerprint density at radius 1 is 0.462 bits per heavy atom. The minimum Gasteiger partial charge on any atom is -2.00 e. The Hall–Kier alpha value is 2.08. The van der Waals surface area contributed by atoms with Crippen LogP contribution in [0.4, 0.5) is 0 Å². The van der Waals surface area contributed by atoms with E-state index in [-0.39, 0.29) is 95.7 Å². The Labute approximate surface area is 122 Å². The van der Waals surface area contributed by atoms with Crippen molar-refractivity contribution < 1.29 is 105 Å². The van der Waals surface area contributed by atoms with Gasteiger partial charge in [0.25, 0.3) is 0 Å². The fourth-order valence-corrected chi connectivity index (χ4v) is 0. The van der Waals surface area contributed by atoms with E-state index in [9.17, 15) is 0 Å². The first-order valence-electron chi connectivity index (χ1n) is 0.408. The molecule has 0 saturated heterocycles. The van der Waals surface area contributed by atoms with Gasteiger partial charge in [0, 0.05) is 0 Å². The number of hydrogen-bond donors (Lipinski definition) is 0. The van der Waals surface area contributed by atoms with Crippen LogP contribution < -0.4 is 0 Å². The van der Waals surface area contributed by atoms with E-state index in [1.165, 1.54) is 0 Å². The quantitative estimate of drug-likeness (QED) is 0.423. The summed E-state index contributed by atoms with van der Waals surface area (Å²) in [5.41, 5.74) is 0. The molecule has 0 aliphatic heterocycles. The van der Waals surface area contributed by atoms with Crippen molar-refractivity contribution in [1.82, 2.24) is 0 Å². The molecule has 13 heteroatoms. The van der Waals surface area contributed by atoms with Crippen LogP contribution in [0.2, 0.25) is 0 Å². The molecule has 0 aliphatic carbocycles. The van der Waals surface area contributed by atoms with Crippen LogP contribution in [0.3, 0.4) is 0 Å². The van der Waals surface area contributed by atoms with Gasteiger partial charge < -0.3 is 27.4 Å². The van der Waals surface area contributed by atoms with Gasteiger partial charge >= 0.3 is 68.3 Å². The van der Waals surface area contributed by atoms with Crippen LogP contribution in [-0.2, 0) is 105 Å². The summed E-state index contributed by atoms with van der Waals surface area (Å²) in [6.45, 7) is 0. The van der Waals surface area contributed by atoms with Crippen LogP contribution in [0.15, 0.2) is 0 Å². The molecule has 84 valence electrons. The molecule has 0 aliphatic rings. The molecule has 0 aromatic rings. The van der Waals surface area contributed by atoms with E-state index in [1.807, 2.05) is 0 Å². The predicted octanol–water partition coefficient (Wildman–Crippen LogP) is 0.345. The first-order valence-corrected chi connectivity index (χ1v) is 1.22. The largest absolute Gasteiger partial charge is 3.00 e. The zero-order chi connectivity index (χ0) is 4.00. The molecule has 13 heavy (non-hydrogen) atoms. The van der Waals surface area contributed by atoms with Crippen molar-refractivity contribution >= 4 is 18.2 Å². The molecule has 0 N–H and O–H groups in total. The molecule has 0 unspecified atom stereocenters. The van der Waals surface area contributed by atoms with Crippen LogP contribution in [0.25, 0.3) is 0 Å². The van der Waals surface area contributed by atoms with Crippen molar-refractivity contribution in [1.29, 1.82) is 0 Å². The maximum atomic E-state index is 8.06. The van der Waals surface area contributed by atoms with E-state index in [0.29, 0.717) is 0 Å². The Balaban J connectivity index is -0.000000000404. The monoisotopic (exact) mass is 398 g/mol. The topological polar surface area (TPSA) is 177 Å². The fourth-order valence-electron chi connectivity index (χ4n) is 0. The van der Waals surface area contributed by atoms with Crippen molar-refractivity contribution in [2.45, 2.75) is 0 Å². The summed E-state index contributed by atoms with van der Waals surface area (Å²) in [4.78, 5) is 0. The van der Waals surface area contributed by atoms with E-state index in [2.05, 4.69) is 0 Å². The van der Waals surface area contributed by atoms with E-state index < -0.39 is 0 Å². The van der Waals surface area contributed by atoms with E-state index in [1.54, 1.807) is 18.2 Å². The van der Waals surface area contributed by atoms with Gasteiger partial charge in [-0.1, -0.05) is 0 Å². The summed E-state index contributed by atoms with van der Waals surface area (Å²) in [7, 11) is 3.44. The SMILES string of the molecule is O=P.O=P.[Fe+3].[Fe+3].[Mn+2].[Mn+2].[O-2].[O-2].[O-2].[O-2].[O-2]. The Morgan fingerprint density at radius 3 is 0.462 bits per heavy atom. The minimum absolute atomic E-state index is 0. The zero-order valence-electron chi connectivity index (χ0n) is 5.32. The molecule has 0 aromatic carbocycles. The maximum Gasteiger partial charge on any atom is 3.00 e. The average Bonchev–Trinajstić information content (AvgIpc) is 1.50. The molecule has 0 aromatic heterocycles. The second kappa shape index (κ2) is 558. The van der Waals surface area contributed by atoms with Crippen molar-refractivity contribution in [3.63, 3.8) is 0 Å². The maximum absolute atomic E-state index is 8.06. The summed E-state index contributed by atoms with van der Waals surface area (Å²) in [5, 5.41) is 0. The average molecular weight is 398 g/mol. The van der Waals surface area contributed by atoms with Crippen LogP contribution in [0.5, 0.6) is 0 Å². The third kappa shape index (κ3) is 476. The van der Waals surface area contributed by atoms with Crippen LogP contribution in [-0.4, -0.2) is 0 Å². The van der Waals surface area contributed by atoms with E-state index in [0.717, 1.165) is 0 Å². The summed E-state index contributed by atoms with van der Waals surface area (Å²) in [6, 6.07) is 0. The second-order valence-electron chi connectivity index (χ2n) is 0. The van der Waals surface area contributed by atoms with E-state index >= 15 is 0 Å². The standard InChI is InChI=1S/2Fe.2Mn.2HOP.5O/c;;;;2*1-2;;;;;/h;;;;2*2H;;;;;/q2*+3;2*+2;;;5*-2. The molecule has 0 saturated carbocycles. The molecule has 0 atom stereocenters. The van der Waals surface area contributed by atoms with E-state index in [4.69, 9.17) is 9.13 Å². The minimum atomic E-state index is 0. The summed E-state index contributed by atoms with van der Waals surface area (Å²) < 4.78 is 16.1. The molecule has 0 fully saturated rings. The Morgan fingerprint density at radius 2 is 0.462 bits per heavy atom. The van der Waals surface area contributed by atoms with Gasteiger partial charge in [-0.15, -0.1) is 0 Å². The van der Waals surface area contributed by atoms with Gasteiger partial charge in [0.05, 0.1) is 0 Å². The Kier molecular flexibility index (Phi) is 7710. The fraction of sp³-hybridized carbons (Fsp3) is 0. The van der Waals surface area contributed by atoms with Gasteiger partial charge in [0.15, 0.2) is 0 Å². The molecule has 0 rings (SSSR count). The predicted molar refractivity (Wildman–Crippen MR) is 21.4 cm³/mol. The first-order chi connectivity index (χ1) is 2.00. The number of hydrogen-bond acceptors (Lipinski definition) is 2. The summed E-state index contributed by atoms with van der Waals surface area (Å²) in [6.07, 6.45) is 0. The van der Waals surface area contributed by atoms with Crippen molar-refractivity contribution in [3.8, 4) is 0 Å². The summed E-state index contributed by atoms with van der Waals surface area (Å²) >= 11 is 0. The van der Waals surface area contributed by atoms with Gasteiger partial charge in [0.2, 0.25) is 0 Å². The smallest absolute Gasteiger partial charge is 2.00 e. The molecule has 7 nitrogen and oxygen atoms in total. The van der Waals surface area contributed by atoms with Gasteiger partial charge in [0.1, 0.15) is 18.2 Å². The zero-order valence-corrected chi connectivity index (χ0v) is 11.9. The third-order valence-electron chi connectivity index (χ3n) is 0. The molecular formula is H2Fe2Mn2O7P2. The van der Waals surface area contributed by atoms with Gasteiger partial charge in [-0.25, -0.2) is 0 Å². The van der Waals surface area contributed by atoms with Gasteiger partial charge in [-0.05, 0) is 0 Å². The van der Waals surface area contributed by atoms with Crippen LogP contribution >= 0.6 is 18.2 Å². The molecule has 0 spiro atoms. The third-order valence-corrected chi connectivity index (χ3v) is 0. The van der Waals surface area contributed by atoms with Crippen LogP contribution in [0.1, 0.15) is 0 Å². The van der Waals surface area contributed by atoms with Crippen molar-refractivity contribution in [2.75, 3.05) is 0 Å². The van der Waals surface area contributed by atoms with Crippen molar-refractivity contribution in [3.05, 3.63) is 0 Å². The molecular weight excluding hydrogens is 396 g/mol. The molecule has 0 bridgehead atoms. The number of rotatable bonds is 0. The van der Waals surface area contributed by atoms with Crippen LogP contribution in [0, 0.1) is 0 Å². The van der Waals surface area contributed by atoms with Gasteiger partial charge in [-0.3, -0.25) is 9.13 Å². The molecule has 4 radical (unpaired) electrons. The normalized spacial score (nSPS) is 0.615.